The average Bonchev–Trinajstić information content (AvgIpc) is 3.21. The molecule has 37 heavy (non-hydrogen) atoms. The van der Waals surface area contributed by atoms with Gasteiger partial charge in [-0.3, -0.25) is 14.5 Å². The largest absolute Gasteiger partial charge is 0.457 e. The Kier molecular flexibility index (Phi) is 5.71. The summed E-state index contributed by atoms with van der Waals surface area (Å²) < 4.78 is 23.2. The Hall–Kier alpha value is -3.78. The van der Waals surface area contributed by atoms with Gasteiger partial charge in [-0.2, -0.15) is 5.10 Å². The molecule has 6 rings (SSSR count). The van der Waals surface area contributed by atoms with Crippen LogP contribution in [0.25, 0.3) is 22.2 Å². The lowest BCUT2D eigenvalue weighted by Gasteiger charge is -2.58. The van der Waals surface area contributed by atoms with E-state index in [0.717, 1.165) is 36.8 Å². The molecule has 2 aromatic heterocycles. The standard InChI is InChI=1S/C29H30FN5O2/c1-4-18-9-20(10-24(30)27(18)28(36)33-21-13-29(14-21)16-34(2)17-29)25-11-23(7-8-31-25)37-22-6-5-19-15-32-35(3)26(19)12-22/h5-12,15,21H,4,13-14,16-17H2,1-3H3,(H,33,36). The number of benzene rings is 2. The zero-order valence-corrected chi connectivity index (χ0v) is 21.3. The molecule has 0 bridgehead atoms. The minimum absolute atomic E-state index is 0.117. The number of carbonyl (C=O) groups is 1. The Balaban J connectivity index is 1.21. The van der Waals surface area contributed by atoms with E-state index in [1.807, 2.05) is 44.4 Å². The number of aromatic nitrogens is 3. The molecule has 190 valence electrons. The fraction of sp³-hybridized carbons (Fsp3) is 0.345. The minimum atomic E-state index is -0.529. The van der Waals surface area contributed by atoms with Gasteiger partial charge >= 0.3 is 0 Å². The number of hydrogen-bond acceptors (Lipinski definition) is 5. The summed E-state index contributed by atoms with van der Waals surface area (Å²) in [6.45, 7) is 4.09. The summed E-state index contributed by atoms with van der Waals surface area (Å²) in [5, 5.41) is 8.36. The molecule has 1 N–H and O–H groups in total. The van der Waals surface area contributed by atoms with Crippen LogP contribution in [0.1, 0.15) is 35.7 Å². The van der Waals surface area contributed by atoms with E-state index in [0.29, 0.717) is 40.2 Å². The molecule has 7 nitrogen and oxygen atoms in total. The second kappa shape index (κ2) is 8.95. The van der Waals surface area contributed by atoms with Crippen LogP contribution in [0.3, 0.4) is 0 Å². The third kappa shape index (κ3) is 4.35. The topological polar surface area (TPSA) is 72.3 Å². The first-order valence-corrected chi connectivity index (χ1v) is 12.7. The van der Waals surface area contributed by atoms with Crippen molar-refractivity contribution >= 4 is 16.8 Å². The molecule has 1 spiro atoms. The van der Waals surface area contributed by atoms with Gasteiger partial charge in [-0.25, -0.2) is 4.39 Å². The summed E-state index contributed by atoms with van der Waals surface area (Å²) in [4.78, 5) is 19.8. The Labute approximate surface area is 215 Å². The van der Waals surface area contributed by atoms with Crippen molar-refractivity contribution in [1.29, 1.82) is 0 Å². The van der Waals surface area contributed by atoms with Gasteiger partial charge in [0.05, 0.1) is 23.0 Å². The van der Waals surface area contributed by atoms with E-state index in [9.17, 15) is 4.79 Å². The molecule has 4 aromatic rings. The van der Waals surface area contributed by atoms with Crippen LogP contribution in [0.4, 0.5) is 4.39 Å². The number of ether oxygens (including phenoxy) is 1. The van der Waals surface area contributed by atoms with Crippen LogP contribution < -0.4 is 10.1 Å². The number of hydrogen-bond donors (Lipinski definition) is 1. The van der Waals surface area contributed by atoms with Crippen LogP contribution in [0.2, 0.25) is 0 Å². The monoisotopic (exact) mass is 499 g/mol. The van der Waals surface area contributed by atoms with Gasteiger partial charge in [-0.1, -0.05) is 6.92 Å². The molecule has 0 radical (unpaired) electrons. The first-order chi connectivity index (χ1) is 17.8. The van der Waals surface area contributed by atoms with Crippen molar-refractivity contribution in [3.8, 4) is 22.8 Å². The number of carbonyl (C=O) groups excluding carboxylic acids is 1. The van der Waals surface area contributed by atoms with E-state index >= 15 is 4.39 Å². The quantitative estimate of drug-likeness (QED) is 0.406. The average molecular weight is 500 g/mol. The second-order valence-electron chi connectivity index (χ2n) is 10.6. The van der Waals surface area contributed by atoms with Crippen LogP contribution in [-0.2, 0) is 13.5 Å². The maximum atomic E-state index is 15.4. The molecule has 2 aliphatic rings. The smallest absolute Gasteiger partial charge is 0.254 e. The minimum Gasteiger partial charge on any atom is -0.457 e. The summed E-state index contributed by atoms with van der Waals surface area (Å²) in [6, 6.07) is 12.7. The lowest BCUT2D eigenvalue weighted by Crippen LogP contribution is -2.65. The molecule has 2 fully saturated rings. The van der Waals surface area contributed by atoms with Gasteiger partial charge < -0.3 is 15.0 Å². The molecule has 2 aromatic carbocycles. The van der Waals surface area contributed by atoms with Crippen molar-refractivity contribution in [3.05, 3.63) is 71.8 Å². The van der Waals surface area contributed by atoms with Gasteiger partial charge in [0.15, 0.2) is 0 Å². The van der Waals surface area contributed by atoms with Crippen molar-refractivity contribution in [2.24, 2.45) is 12.5 Å². The SMILES string of the molecule is CCc1cc(-c2cc(Oc3ccc4cnn(C)c4c3)ccn2)cc(F)c1C(=O)NC1CC2(C1)CN(C)C2. The van der Waals surface area contributed by atoms with Gasteiger partial charge in [-0.05, 0) is 67.6 Å². The van der Waals surface area contributed by atoms with Gasteiger partial charge in [0.1, 0.15) is 17.3 Å². The molecule has 0 unspecified atom stereocenters. The maximum Gasteiger partial charge on any atom is 0.254 e. The van der Waals surface area contributed by atoms with Crippen LogP contribution in [0.5, 0.6) is 11.5 Å². The van der Waals surface area contributed by atoms with Crippen molar-refractivity contribution in [1.82, 2.24) is 25.0 Å². The van der Waals surface area contributed by atoms with Gasteiger partial charge in [0.2, 0.25) is 0 Å². The van der Waals surface area contributed by atoms with Gasteiger partial charge in [0.25, 0.3) is 5.91 Å². The highest BCUT2D eigenvalue weighted by molar-refractivity contribution is 5.97. The van der Waals surface area contributed by atoms with E-state index in [1.54, 1.807) is 23.0 Å². The van der Waals surface area contributed by atoms with Gasteiger partial charge in [0, 0.05) is 55.5 Å². The first-order valence-electron chi connectivity index (χ1n) is 12.7. The highest BCUT2D eigenvalue weighted by Crippen LogP contribution is 2.47. The number of halogens is 1. The third-order valence-corrected chi connectivity index (χ3v) is 7.67. The predicted molar refractivity (Wildman–Crippen MR) is 140 cm³/mol. The van der Waals surface area contributed by atoms with Crippen molar-refractivity contribution in [2.75, 3.05) is 20.1 Å². The van der Waals surface area contributed by atoms with E-state index in [2.05, 4.69) is 27.3 Å². The molecule has 1 amide bonds. The summed E-state index contributed by atoms with van der Waals surface area (Å²) in [5.74, 6) is 0.405. The lowest BCUT2D eigenvalue weighted by atomic mass is 9.61. The van der Waals surface area contributed by atoms with E-state index < -0.39 is 5.82 Å². The molecule has 1 aliphatic heterocycles. The van der Waals surface area contributed by atoms with Crippen molar-refractivity contribution in [3.63, 3.8) is 0 Å². The lowest BCUT2D eigenvalue weighted by molar-refractivity contribution is -0.0626. The van der Waals surface area contributed by atoms with E-state index in [1.165, 1.54) is 6.07 Å². The number of nitrogens with one attached hydrogen (secondary N) is 1. The fourth-order valence-corrected chi connectivity index (χ4v) is 6.00. The normalized spacial score (nSPS) is 17.0. The molecular formula is C29H30FN5O2. The second-order valence-corrected chi connectivity index (χ2v) is 10.6. The molecule has 1 saturated carbocycles. The molecular weight excluding hydrogens is 469 g/mol. The van der Waals surface area contributed by atoms with Crippen molar-refractivity contribution in [2.45, 2.75) is 32.2 Å². The highest BCUT2D eigenvalue weighted by atomic mass is 19.1. The predicted octanol–water partition coefficient (Wildman–Crippen LogP) is 4.95. The fourth-order valence-electron chi connectivity index (χ4n) is 6.00. The molecule has 1 aliphatic carbocycles. The van der Waals surface area contributed by atoms with E-state index in [-0.39, 0.29) is 17.5 Å². The number of fused-ring (bicyclic) bond motifs is 1. The van der Waals surface area contributed by atoms with Gasteiger partial charge in [-0.15, -0.1) is 0 Å². The Morgan fingerprint density at radius 3 is 2.68 bits per heavy atom. The summed E-state index contributed by atoms with van der Waals surface area (Å²) >= 11 is 0. The molecule has 0 atom stereocenters. The number of amides is 1. The highest BCUT2D eigenvalue weighted by Gasteiger charge is 2.51. The Bertz CT molecular complexity index is 1500. The summed E-state index contributed by atoms with van der Waals surface area (Å²) in [7, 11) is 4.00. The number of likely N-dealkylation sites (tertiary alicyclic amines) is 1. The molecule has 8 heteroatoms. The third-order valence-electron chi connectivity index (χ3n) is 7.67. The number of rotatable bonds is 6. The van der Waals surface area contributed by atoms with E-state index in [4.69, 9.17) is 4.74 Å². The molecule has 3 heterocycles. The molecule has 1 saturated heterocycles. The number of nitrogens with zero attached hydrogens (tertiary/aromatic N) is 4. The number of pyridine rings is 1. The zero-order chi connectivity index (χ0) is 25.7. The zero-order valence-electron chi connectivity index (χ0n) is 21.3. The maximum absolute atomic E-state index is 15.4. The summed E-state index contributed by atoms with van der Waals surface area (Å²) in [5.41, 5.74) is 3.31. The van der Waals surface area contributed by atoms with Crippen LogP contribution in [0, 0.1) is 11.2 Å². The van der Waals surface area contributed by atoms with Crippen LogP contribution in [-0.4, -0.2) is 51.8 Å². The van der Waals surface area contributed by atoms with Crippen LogP contribution in [0.15, 0.2) is 54.9 Å². The summed E-state index contributed by atoms with van der Waals surface area (Å²) in [6.07, 6.45) is 5.92. The Morgan fingerprint density at radius 2 is 1.92 bits per heavy atom. The Morgan fingerprint density at radius 1 is 1.14 bits per heavy atom. The number of aryl methyl sites for hydroxylation is 2. The van der Waals surface area contributed by atoms with Crippen molar-refractivity contribution < 1.29 is 13.9 Å². The van der Waals surface area contributed by atoms with Crippen LogP contribution >= 0.6 is 0 Å². The first kappa shape index (κ1) is 23.6.